The number of hydrogen-bond donors (Lipinski definition) is 0. The SMILES string of the molecule is Cc1cc(-c2ccccc2)cc(-c2cccs2)c1. The van der Waals surface area contributed by atoms with Crippen LogP contribution in [0, 0.1) is 6.92 Å². The van der Waals surface area contributed by atoms with Crippen LogP contribution in [0.15, 0.2) is 66.0 Å². The summed E-state index contributed by atoms with van der Waals surface area (Å²) in [6.07, 6.45) is 0. The minimum Gasteiger partial charge on any atom is -0.144 e. The monoisotopic (exact) mass is 250 g/mol. The smallest absolute Gasteiger partial charge is 0.0343 e. The standard InChI is InChI=1S/C17H14S/c1-13-10-15(14-6-3-2-4-7-14)12-16(11-13)17-8-5-9-18-17/h2-12H,1H3. The lowest BCUT2D eigenvalue weighted by Crippen LogP contribution is -1.82. The Balaban J connectivity index is 2.12. The van der Waals surface area contributed by atoms with Crippen LogP contribution in [-0.4, -0.2) is 0 Å². The highest BCUT2D eigenvalue weighted by Crippen LogP contribution is 2.30. The minimum atomic E-state index is 1.28. The first kappa shape index (κ1) is 11.2. The van der Waals surface area contributed by atoms with Crippen LogP contribution in [0.3, 0.4) is 0 Å². The molecule has 3 rings (SSSR count). The van der Waals surface area contributed by atoms with E-state index >= 15 is 0 Å². The van der Waals surface area contributed by atoms with Gasteiger partial charge in [0, 0.05) is 4.88 Å². The van der Waals surface area contributed by atoms with Gasteiger partial charge >= 0.3 is 0 Å². The molecule has 3 aromatic rings. The highest BCUT2D eigenvalue weighted by atomic mass is 32.1. The summed E-state index contributed by atoms with van der Waals surface area (Å²) < 4.78 is 0. The van der Waals surface area contributed by atoms with E-state index in [1.54, 1.807) is 11.3 Å². The highest BCUT2D eigenvalue weighted by molar-refractivity contribution is 7.13. The van der Waals surface area contributed by atoms with Gasteiger partial charge in [-0.25, -0.2) is 0 Å². The van der Waals surface area contributed by atoms with Crippen molar-refractivity contribution in [3.63, 3.8) is 0 Å². The van der Waals surface area contributed by atoms with E-state index in [2.05, 4.69) is 73.0 Å². The Morgan fingerprint density at radius 1 is 0.722 bits per heavy atom. The van der Waals surface area contributed by atoms with E-state index in [4.69, 9.17) is 0 Å². The third-order valence-corrected chi connectivity index (χ3v) is 3.91. The van der Waals surface area contributed by atoms with Gasteiger partial charge in [-0.1, -0.05) is 48.5 Å². The van der Waals surface area contributed by atoms with Crippen molar-refractivity contribution in [2.45, 2.75) is 6.92 Å². The summed E-state index contributed by atoms with van der Waals surface area (Å²) in [6.45, 7) is 2.16. The van der Waals surface area contributed by atoms with Crippen molar-refractivity contribution in [3.8, 4) is 21.6 Å². The average Bonchev–Trinajstić information content (AvgIpc) is 2.93. The molecule has 1 aromatic heterocycles. The summed E-state index contributed by atoms with van der Waals surface area (Å²) >= 11 is 1.79. The fourth-order valence-electron chi connectivity index (χ4n) is 2.17. The molecule has 18 heavy (non-hydrogen) atoms. The quantitative estimate of drug-likeness (QED) is 0.572. The van der Waals surface area contributed by atoms with Crippen molar-refractivity contribution in [3.05, 3.63) is 71.6 Å². The van der Waals surface area contributed by atoms with Gasteiger partial charge in [0.25, 0.3) is 0 Å². The number of rotatable bonds is 2. The van der Waals surface area contributed by atoms with Crippen molar-refractivity contribution in [1.29, 1.82) is 0 Å². The fraction of sp³-hybridized carbons (Fsp3) is 0.0588. The predicted octanol–water partition coefficient (Wildman–Crippen LogP) is 5.39. The molecule has 88 valence electrons. The van der Waals surface area contributed by atoms with E-state index in [0.29, 0.717) is 0 Å². The Bertz CT molecular complexity index is 637. The Hall–Kier alpha value is -1.86. The van der Waals surface area contributed by atoms with E-state index in [0.717, 1.165) is 0 Å². The first-order valence-electron chi connectivity index (χ1n) is 6.04. The van der Waals surface area contributed by atoms with Crippen molar-refractivity contribution >= 4 is 11.3 Å². The number of thiophene rings is 1. The summed E-state index contributed by atoms with van der Waals surface area (Å²) in [7, 11) is 0. The molecule has 0 saturated carbocycles. The number of benzene rings is 2. The molecular weight excluding hydrogens is 236 g/mol. The van der Waals surface area contributed by atoms with Gasteiger partial charge in [0.05, 0.1) is 0 Å². The van der Waals surface area contributed by atoms with Crippen LogP contribution in [-0.2, 0) is 0 Å². The molecule has 0 unspecified atom stereocenters. The van der Waals surface area contributed by atoms with Gasteiger partial charge in [-0.15, -0.1) is 11.3 Å². The second kappa shape index (κ2) is 4.79. The second-order valence-corrected chi connectivity index (χ2v) is 5.38. The summed E-state index contributed by atoms with van der Waals surface area (Å²) in [5.74, 6) is 0. The lowest BCUT2D eigenvalue weighted by molar-refractivity contribution is 1.47. The van der Waals surface area contributed by atoms with Gasteiger partial charge in [-0.3, -0.25) is 0 Å². The third kappa shape index (κ3) is 2.22. The summed E-state index contributed by atoms with van der Waals surface area (Å²) in [4.78, 5) is 1.33. The van der Waals surface area contributed by atoms with Crippen LogP contribution < -0.4 is 0 Å². The maximum absolute atomic E-state index is 2.27. The molecule has 0 fully saturated rings. The average molecular weight is 250 g/mol. The molecule has 0 spiro atoms. The first-order valence-corrected chi connectivity index (χ1v) is 6.92. The molecule has 1 heterocycles. The fourth-order valence-corrected chi connectivity index (χ4v) is 2.88. The summed E-state index contributed by atoms with van der Waals surface area (Å²) in [6, 6.07) is 21.6. The van der Waals surface area contributed by atoms with E-state index in [-0.39, 0.29) is 0 Å². The number of aryl methyl sites for hydroxylation is 1. The normalized spacial score (nSPS) is 10.5. The zero-order valence-corrected chi connectivity index (χ0v) is 11.1. The molecule has 0 atom stereocenters. The molecule has 0 N–H and O–H groups in total. The Morgan fingerprint density at radius 3 is 2.22 bits per heavy atom. The Morgan fingerprint density at radius 2 is 1.50 bits per heavy atom. The lowest BCUT2D eigenvalue weighted by atomic mass is 10.00. The topological polar surface area (TPSA) is 0 Å². The molecule has 0 saturated heterocycles. The van der Waals surface area contributed by atoms with E-state index < -0.39 is 0 Å². The van der Waals surface area contributed by atoms with Crippen LogP contribution in [0.5, 0.6) is 0 Å². The molecule has 0 aliphatic carbocycles. The molecule has 1 heteroatoms. The molecular formula is C17H14S. The van der Waals surface area contributed by atoms with Crippen LogP contribution >= 0.6 is 11.3 Å². The highest BCUT2D eigenvalue weighted by Gasteiger charge is 2.03. The first-order chi connectivity index (χ1) is 8.83. The van der Waals surface area contributed by atoms with Gasteiger partial charge < -0.3 is 0 Å². The molecule has 2 aromatic carbocycles. The molecule has 0 aliphatic rings. The van der Waals surface area contributed by atoms with E-state index in [1.165, 1.54) is 27.1 Å². The predicted molar refractivity (Wildman–Crippen MR) is 79.9 cm³/mol. The maximum Gasteiger partial charge on any atom is 0.0343 e. The molecule has 0 radical (unpaired) electrons. The largest absolute Gasteiger partial charge is 0.144 e. The second-order valence-electron chi connectivity index (χ2n) is 4.43. The van der Waals surface area contributed by atoms with Gasteiger partial charge in [-0.05, 0) is 46.7 Å². The van der Waals surface area contributed by atoms with Gasteiger partial charge in [0.2, 0.25) is 0 Å². The van der Waals surface area contributed by atoms with Crippen LogP contribution in [0.25, 0.3) is 21.6 Å². The molecule has 0 amide bonds. The van der Waals surface area contributed by atoms with Crippen LogP contribution in [0.4, 0.5) is 0 Å². The molecule has 0 nitrogen and oxygen atoms in total. The van der Waals surface area contributed by atoms with E-state index in [1.807, 2.05) is 0 Å². The van der Waals surface area contributed by atoms with Gasteiger partial charge in [0.1, 0.15) is 0 Å². The molecule has 0 aliphatic heterocycles. The van der Waals surface area contributed by atoms with Crippen molar-refractivity contribution in [2.24, 2.45) is 0 Å². The summed E-state index contributed by atoms with van der Waals surface area (Å²) in [5.41, 5.74) is 5.18. The maximum atomic E-state index is 2.27. The van der Waals surface area contributed by atoms with E-state index in [9.17, 15) is 0 Å². The minimum absolute atomic E-state index is 1.28. The van der Waals surface area contributed by atoms with Gasteiger partial charge in [0.15, 0.2) is 0 Å². The Kier molecular flexibility index (Phi) is 2.99. The number of hydrogen-bond acceptors (Lipinski definition) is 1. The zero-order valence-electron chi connectivity index (χ0n) is 10.3. The zero-order chi connectivity index (χ0) is 12.4. The van der Waals surface area contributed by atoms with Gasteiger partial charge in [-0.2, -0.15) is 0 Å². The van der Waals surface area contributed by atoms with Crippen molar-refractivity contribution in [1.82, 2.24) is 0 Å². The lowest BCUT2D eigenvalue weighted by Gasteiger charge is -2.06. The van der Waals surface area contributed by atoms with Crippen LogP contribution in [0.2, 0.25) is 0 Å². The third-order valence-electron chi connectivity index (χ3n) is 2.99. The van der Waals surface area contributed by atoms with Crippen LogP contribution in [0.1, 0.15) is 5.56 Å². The van der Waals surface area contributed by atoms with Crippen molar-refractivity contribution < 1.29 is 0 Å². The Labute approximate surface area is 112 Å². The van der Waals surface area contributed by atoms with Crippen molar-refractivity contribution in [2.75, 3.05) is 0 Å². The summed E-state index contributed by atoms with van der Waals surface area (Å²) in [5, 5.41) is 2.12. The molecule has 0 bridgehead atoms.